The van der Waals surface area contributed by atoms with E-state index in [1.54, 1.807) is 48.7 Å². The number of aromatic nitrogens is 1. The first-order valence-electron chi connectivity index (χ1n) is 12.1. The molecule has 0 bridgehead atoms. The maximum Gasteiger partial charge on any atom is 0.300 e. The van der Waals surface area contributed by atoms with Gasteiger partial charge in [0.2, 0.25) is 6.79 Å². The van der Waals surface area contributed by atoms with E-state index in [0.29, 0.717) is 40.7 Å². The molecule has 8 nitrogen and oxygen atoms in total. The van der Waals surface area contributed by atoms with Gasteiger partial charge in [0.15, 0.2) is 11.5 Å². The number of nitrogens with zero attached hydrogens (tertiary/aromatic N) is 1. The molecule has 6 rings (SSSR count). The minimum absolute atomic E-state index is 0.0000569. The van der Waals surface area contributed by atoms with Gasteiger partial charge in [-0.05, 0) is 36.8 Å². The first-order valence-corrected chi connectivity index (χ1v) is 12.1. The number of aromatic amines is 1. The van der Waals surface area contributed by atoms with E-state index in [1.165, 1.54) is 4.90 Å². The number of carbonyl (C=O) groups is 2. The highest BCUT2D eigenvalue weighted by Gasteiger charge is 2.48. The Kier molecular flexibility index (Phi) is 5.56. The van der Waals surface area contributed by atoms with Gasteiger partial charge >= 0.3 is 0 Å². The van der Waals surface area contributed by atoms with Crippen LogP contribution in [0.2, 0.25) is 0 Å². The number of para-hydroxylation sites is 1. The van der Waals surface area contributed by atoms with Gasteiger partial charge in [0.25, 0.3) is 11.7 Å². The molecule has 0 radical (unpaired) electrons. The van der Waals surface area contributed by atoms with Crippen LogP contribution in [0.25, 0.3) is 16.7 Å². The van der Waals surface area contributed by atoms with E-state index in [4.69, 9.17) is 14.2 Å². The predicted molar refractivity (Wildman–Crippen MR) is 138 cm³/mol. The highest BCUT2D eigenvalue weighted by molar-refractivity contribution is 6.52. The summed E-state index contributed by atoms with van der Waals surface area (Å²) in [7, 11) is 0. The van der Waals surface area contributed by atoms with Gasteiger partial charge in [-0.25, -0.2) is 0 Å². The van der Waals surface area contributed by atoms with E-state index >= 15 is 0 Å². The summed E-state index contributed by atoms with van der Waals surface area (Å²) >= 11 is 0. The van der Waals surface area contributed by atoms with Crippen molar-refractivity contribution in [1.82, 2.24) is 4.98 Å². The van der Waals surface area contributed by atoms with E-state index in [0.717, 1.165) is 17.3 Å². The Hall–Kier alpha value is -4.72. The SMILES string of the molecule is CCCOc1cccc(/C(O)=C2\C(=O)C(=O)N(c3ccc4c(c3)OCO4)C2c2c[nH]c3ccccc23)c1. The maximum absolute atomic E-state index is 13.5. The number of rotatable bonds is 6. The number of hydrogen-bond donors (Lipinski definition) is 2. The zero-order chi connectivity index (χ0) is 25.5. The van der Waals surface area contributed by atoms with Crippen LogP contribution >= 0.6 is 0 Å². The number of anilines is 1. The summed E-state index contributed by atoms with van der Waals surface area (Å²) in [6, 6.07) is 18.7. The van der Waals surface area contributed by atoms with Crippen molar-refractivity contribution in [3.8, 4) is 17.2 Å². The second-order valence-corrected chi connectivity index (χ2v) is 8.87. The molecule has 8 heteroatoms. The lowest BCUT2D eigenvalue weighted by molar-refractivity contribution is -0.132. The number of nitrogens with one attached hydrogen (secondary N) is 1. The average Bonchev–Trinajstić information content (AvgIpc) is 3.63. The predicted octanol–water partition coefficient (Wildman–Crippen LogP) is 5.31. The molecule has 3 heterocycles. The topological polar surface area (TPSA) is 101 Å². The van der Waals surface area contributed by atoms with Gasteiger partial charge in [-0.2, -0.15) is 0 Å². The summed E-state index contributed by atoms with van der Waals surface area (Å²) in [5.74, 6) is -0.163. The fraction of sp³-hybridized carbons (Fsp3) is 0.172. The van der Waals surface area contributed by atoms with Gasteiger partial charge in [0.05, 0.1) is 18.2 Å². The largest absolute Gasteiger partial charge is 0.507 e. The zero-order valence-electron chi connectivity index (χ0n) is 20.1. The molecule has 0 spiro atoms. The maximum atomic E-state index is 13.5. The fourth-order valence-corrected chi connectivity index (χ4v) is 4.86. The van der Waals surface area contributed by atoms with Crippen molar-refractivity contribution >= 4 is 34.0 Å². The number of aliphatic hydroxyl groups excluding tert-OH is 1. The number of H-pyrrole nitrogens is 1. The van der Waals surface area contributed by atoms with Crippen molar-refractivity contribution in [3.05, 3.63) is 89.6 Å². The third-order valence-electron chi connectivity index (χ3n) is 6.57. The molecule has 186 valence electrons. The van der Waals surface area contributed by atoms with Crippen molar-refractivity contribution in [3.63, 3.8) is 0 Å². The molecule has 1 atom stereocenters. The molecule has 2 aliphatic rings. The molecule has 0 saturated carbocycles. The number of hydrogen-bond acceptors (Lipinski definition) is 6. The smallest absolute Gasteiger partial charge is 0.300 e. The molecule has 1 fully saturated rings. The molecule has 1 amide bonds. The van der Waals surface area contributed by atoms with E-state index in [-0.39, 0.29) is 18.1 Å². The Morgan fingerprint density at radius 2 is 1.89 bits per heavy atom. The fourth-order valence-electron chi connectivity index (χ4n) is 4.86. The van der Waals surface area contributed by atoms with Gasteiger partial charge in [0.1, 0.15) is 11.5 Å². The normalized spacial score (nSPS) is 18.1. The lowest BCUT2D eigenvalue weighted by atomic mass is 9.94. The van der Waals surface area contributed by atoms with Crippen LogP contribution in [0.15, 0.2) is 78.5 Å². The number of aliphatic hydroxyl groups is 1. The summed E-state index contributed by atoms with van der Waals surface area (Å²) in [4.78, 5) is 31.7. The second-order valence-electron chi connectivity index (χ2n) is 8.87. The van der Waals surface area contributed by atoms with Gasteiger partial charge in [-0.15, -0.1) is 0 Å². The number of carbonyl (C=O) groups excluding carboxylic acids is 2. The van der Waals surface area contributed by atoms with Crippen molar-refractivity contribution in [2.75, 3.05) is 18.3 Å². The molecule has 1 saturated heterocycles. The lowest BCUT2D eigenvalue weighted by Crippen LogP contribution is -2.29. The van der Waals surface area contributed by atoms with Crippen LogP contribution in [0.1, 0.15) is 30.5 Å². The number of benzene rings is 3. The summed E-state index contributed by atoms with van der Waals surface area (Å²) in [5.41, 5.74) is 2.39. The number of Topliss-reactive ketones (excluding diaryl/α,β-unsaturated/α-hetero) is 1. The molecule has 1 unspecified atom stereocenters. The minimum Gasteiger partial charge on any atom is -0.507 e. The number of ether oxygens (including phenoxy) is 3. The van der Waals surface area contributed by atoms with E-state index in [1.807, 2.05) is 31.2 Å². The third-order valence-corrected chi connectivity index (χ3v) is 6.57. The van der Waals surface area contributed by atoms with Crippen molar-refractivity contribution in [2.24, 2.45) is 0 Å². The lowest BCUT2D eigenvalue weighted by Gasteiger charge is -2.25. The minimum atomic E-state index is -0.878. The number of fused-ring (bicyclic) bond motifs is 2. The van der Waals surface area contributed by atoms with E-state index in [2.05, 4.69) is 4.98 Å². The van der Waals surface area contributed by atoms with Crippen LogP contribution in [-0.4, -0.2) is 35.2 Å². The van der Waals surface area contributed by atoms with Gasteiger partial charge in [-0.1, -0.05) is 37.3 Å². The van der Waals surface area contributed by atoms with Crippen molar-refractivity contribution < 1.29 is 28.9 Å². The monoisotopic (exact) mass is 496 g/mol. The van der Waals surface area contributed by atoms with Gasteiger partial charge < -0.3 is 24.3 Å². The third kappa shape index (κ3) is 3.78. The first-order chi connectivity index (χ1) is 18.1. The second kappa shape index (κ2) is 9.05. The molecule has 3 aromatic carbocycles. The standard InChI is InChI=1S/C29H24N2O6/c1-2-12-35-19-7-5-6-17(13-19)27(32)25-26(21-15-30-22-9-4-3-8-20(21)22)31(29(34)28(25)33)18-10-11-23-24(14-18)37-16-36-23/h3-11,13-15,26,30,32H,2,12,16H2,1H3/b27-25+. The summed E-state index contributed by atoms with van der Waals surface area (Å²) < 4.78 is 16.7. The molecule has 2 N–H and O–H groups in total. The summed E-state index contributed by atoms with van der Waals surface area (Å²) in [5, 5.41) is 12.3. The van der Waals surface area contributed by atoms with Crippen LogP contribution in [0.3, 0.4) is 0 Å². The Morgan fingerprint density at radius 1 is 1.05 bits per heavy atom. The van der Waals surface area contributed by atoms with Crippen LogP contribution < -0.4 is 19.1 Å². The van der Waals surface area contributed by atoms with Crippen LogP contribution in [0.5, 0.6) is 17.2 Å². The molecule has 2 aliphatic heterocycles. The molecular formula is C29H24N2O6. The van der Waals surface area contributed by atoms with Crippen LogP contribution in [0, 0.1) is 0 Å². The van der Waals surface area contributed by atoms with Gasteiger partial charge in [-0.3, -0.25) is 14.5 Å². The quantitative estimate of drug-likeness (QED) is 0.213. The van der Waals surface area contributed by atoms with E-state index < -0.39 is 17.7 Å². The van der Waals surface area contributed by atoms with Crippen LogP contribution in [-0.2, 0) is 9.59 Å². The Balaban J connectivity index is 1.54. The van der Waals surface area contributed by atoms with Crippen molar-refractivity contribution in [1.29, 1.82) is 0 Å². The average molecular weight is 497 g/mol. The zero-order valence-corrected chi connectivity index (χ0v) is 20.1. The van der Waals surface area contributed by atoms with Crippen LogP contribution in [0.4, 0.5) is 5.69 Å². The van der Waals surface area contributed by atoms with Gasteiger partial charge in [0, 0.05) is 40.0 Å². The Labute approximate surface area is 212 Å². The molecule has 1 aromatic heterocycles. The van der Waals surface area contributed by atoms with Crippen molar-refractivity contribution in [2.45, 2.75) is 19.4 Å². The number of amides is 1. The van der Waals surface area contributed by atoms with E-state index in [9.17, 15) is 14.7 Å². The molecule has 37 heavy (non-hydrogen) atoms. The molecular weight excluding hydrogens is 472 g/mol. The number of ketones is 1. The summed E-state index contributed by atoms with van der Waals surface area (Å²) in [6.07, 6.45) is 2.60. The molecule has 4 aromatic rings. The summed E-state index contributed by atoms with van der Waals surface area (Å²) in [6.45, 7) is 2.61. The first kappa shape index (κ1) is 22.7. The highest BCUT2D eigenvalue weighted by atomic mass is 16.7. The Bertz CT molecular complexity index is 1570. The Morgan fingerprint density at radius 3 is 2.76 bits per heavy atom. The molecule has 0 aliphatic carbocycles. The highest BCUT2D eigenvalue weighted by Crippen LogP contribution is 2.46.